The Morgan fingerprint density at radius 2 is 1.24 bits per heavy atom. The minimum Gasteiger partial charge on any atom is -0.299 e. The second kappa shape index (κ2) is 7.62. The fourth-order valence-electron chi connectivity index (χ4n) is 3.61. The van der Waals surface area contributed by atoms with E-state index in [1.54, 1.807) is 0 Å². The minimum atomic E-state index is 0.879. The van der Waals surface area contributed by atoms with Gasteiger partial charge in [0.25, 0.3) is 0 Å². The number of piperidine rings is 2. The maximum Gasteiger partial charge on any atom is 0.0409 e. The van der Waals surface area contributed by atoms with Crippen LogP contribution in [0.4, 0.5) is 0 Å². The van der Waals surface area contributed by atoms with Crippen LogP contribution < -0.4 is 0 Å². The number of nitrogens with zero attached hydrogens (tertiary/aromatic N) is 2. The van der Waals surface area contributed by atoms with Crippen LogP contribution in [0.5, 0.6) is 0 Å². The second-order valence-corrected chi connectivity index (χ2v) is 7.02. The summed E-state index contributed by atoms with van der Waals surface area (Å²) in [6, 6.07) is 6.49. The lowest BCUT2D eigenvalue weighted by Crippen LogP contribution is -2.31. The molecule has 2 fully saturated rings. The van der Waals surface area contributed by atoms with Gasteiger partial charge in [-0.25, -0.2) is 0 Å². The van der Waals surface area contributed by atoms with Crippen molar-refractivity contribution in [2.75, 3.05) is 26.2 Å². The van der Waals surface area contributed by atoms with Crippen molar-refractivity contribution >= 4 is 11.6 Å². The number of likely N-dealkylation sites (tertiary alicyclic amines) is 2. The zero-order valence-corrected chi connectivity index (χ0v) is 13.7. The number of halogens is 1. The molecule has 0 spiro atoms. The van der Waals surface area contributed by atoms with Gasteiger partial charge >= 0.3 is 0 Å². The SMILES string of the molecule is Clc1ccc(CN2CCCCC2)c(CN2CCCCC2)c1. The highest BCUT2D eigenvalue weighted by atomic mass is 35.5. The molecule has 0 saturated carbocycles. The summed E-state index contributed by atoms with van der Waals surface area (Å²) in [4.78, 5) is 5.20. The monoisotopic (exact) mass is 306 g/mol. The molecule has 21 heavy (non-hydrogen) atoms. The normalized spacial score (nSPS) is 21.6. The van der Waals surface area contributed by atoms with Crippen molar-refractivity contribution in [3.05, 3.63) is 34.3 Å². The van der Waals surface area contributed by atoms with Crippen LogP contribution in [0.25, 0.3) is 0 Å². The van der Waals surface area contributed by atoms with E-state index >= 15 is 0 Å². The Kier molecular flexibility index (Phi) is 5.56. The maximum atomic E-state index is 6.25. The molecular formula is C18H27ClN2. The van der Waals surface area contributed by atoms with E-state index in [9.17, 15) is 0 Å². The molecule has 2 aliphatic rings. The van der Waals surface area contributed by atoms with Crippen molar-refractivity contribution in [1.29, 1.82) is 0 Å². The summed E-state index contributed by atoms with van der Waals surface area (Å²) in [5, 5.41) is 0.879. The topological polar surface area (TPSA) is 6.48 Å². The number of hydrogen-bond donors (Lipinski definition) is 0. The van der Waals surface area contributed by atoms with Crippen molar-refractivity contribution in [3.63, 3.8) is 0 Å². The van der Waals surface area contributed by atoms with Crippen LogP contribution in [0.1, 0.15) is 49.7 Å². The predicted octanol–water partition coefficient (Wildman–Crippen LogP) is 4.31. The summed E-state index contributed by atoms with van der Waals surface area (Å²) in [6.07, 6.45) is 8.21. The molecule has 2 aliphatic heterocycles. The molecule has 1 aromatic rings. The molecule has 1 aromatic carbocycles. The Balaban J connectivity index is 1.69. The van der Waals surface area contributed by atoms with E-state index in [4.69, 9.17) is 11.6 Å². The highest BCUT2D eigenvalue weighted by Gasteiger charge is 2.16. The van der Waals surface area contributed by atoms with Crippen LogP contribution in [0.3, 0.4) is 0 Å². The molecule has 0 amide bonds. The summed E-state index contributed by atoms with van der Waals surface area (Å²) in [7, 11) is 0. The molecular weight excluding hydrogens is 280 g/mol. The Bertz CT molecular complexity index is 449. The smallest absolute Gasteiger partial charge is 0.0409 e. The highest BCUT2D eigenvalue weighted by Crippen LogP contribution is 2.22. The first kappa shape index (κ1) is 15.3. The first-order chi connectivity index (χ1) is 10.3. The van der Waals surface area contributed by atoms with Crippen LogP contribution >= 0.6 is 11.6 Å². The second-order valence-electron chi connectivity index (χ2n) is 6.59. The van der Waals surface area contributed by atoms with E-state index in [1.165, 1.54) is 75.8 Å². The molecule has 2 saturated heterocycles. The molecule has 0 atom stereocenters. The van der Waals surface area contributed by atoms with Crippen LogP contribution in [-0.2, 0) is 13.1 Å². The van der Waals surface area contributed by atoms with Gasteiger partial charge in [-0.2, -0.15) is 0 Å². The van der Waals surface area contributed by atoms with E-state index < -0.39 is 0 Å². The third kappa shape index (κ3) is 4.45. The van der Waals surface area contributed by atoms with Gasteiger partial charge in [-0.15, -0.1) is 0 Å². The molecule has 3 rings (SSSR count). The van der Waals surface area contributed by atoms with Gasteiger partial charge in [0, 0.05) is 18.1 Å². The predicted molar refractivity (Wildman–Crippen MR) is 89.7 cm³/mol. The average Bonchev–Trinajstić information content (AvgIpc) is 2.52. The van der Waals surface area contributed by atoms with Gasteiger partial charge in [-0.3, -0.25) is 9.80 Å². The van der Waals surface area contributed by atoms with Gasteiger partial charge in [0.05, 0.1) is 0 Å². The van der Waals surface area contributed by atoms with Crippen molar-refractivity contribution in [3.8, 4) is 0 Å². The number of rotatable bonds is 4. The van der Waals surface area contributed by atoms with E-state index in [1.807, 2.05) is 0 Å². The summed E-state index contributed by atoms with van der Waals surface area (Å²) in [5.41, 5.74) is 2.92. The summed E-state index contributed by atoms with van der Waals surface area (Å²) < 4.78 is 0. The lowest BCUT2D eigenvalue weighted by atomic mass is 10.0. The molecule has 0 radical (unpaired) electrons. The zero-order chi connectivity index (χ0) is 14.5. The van der Waals surface area contributed by atoms with E-state index in [0.717, 1.165) is 18.1 Å². The van der Waals surface area contributed by atoms with Crippen LogP contribution in [0, 0.1) is 0 Å². The Hall–Kier alpha value is -0.570. The van der Waals surface area contributed by atoms with E-state index in [0.29, 0.717) is 0 Å². The van der Waals surface area contributed by atoms with Crippen molar-refractivity contribution in [2.24, 2.45) is 0 Å². The quantitative estimate of drug-likeness (QED) is 0.818. The van der Waals surface area contributed by atoms with E-state index in [-0.39, 0.29) is 0 Å². The standard InChI is InChI=1S/C18H27ClN2/c19-18-8-7-16(14-20-9-3-1-4-10-20)17(13-18)15-21-11-5-2-6-12-21/h7-8,13H,1-6,9-12,14-15H2. The lowest BCUT2D eigenvalue weighted by Gasteiger charge is -2.30. The maximum absolute atomic E-state index is 6.25. The van der Waals surface area contributed by atoms with Gasteiger partial charge in [-0.1, -0.05) is 30.5 Å². The molecule has 0 aromatic heterocycles. The molecule has 0 aliphatic carbocycles. The molecule has 2 nitrogen and oxygen atoms in total. The van der Waals surface area contributed by atoms with Gasteiger partial charge in [0.2, 0.25) is 0 Å². The Morgan fingerprint density at radius 3 is 1.81 bits per heavy atom. The molecule has 0 N–H and O–H groups in total. The van der Waals surface area contributed by atoms with E-state index in [2.05, 4.69) is 28.0 Å². The van der Waals surface area contributed by atoms with Crippen LogP contribution in [0.2, 0.25) is 5.02 Å². The average molecular weight is 307 g/mol. The van der Waals surface area contributed by atoms with Gasteiger partial charge in [0.15, 0.2) is 0 Å². The Labute approximate surface area is 134 Å². The van der Waals surface area contributed by atoms with Crippen LogP contribution in [0.15, 0.2) is 18.2 Å². The van der Waals surface area contributed by atoms with Gasteiger partial charge in [0.1, 0.15) is 0 Å². The van der Waals surface area contributed by atoms with Crippen molar-refractivity contribution in [2.45, 2.75) is 51.6 Å². The van der Waals surface area contributed by atoms with Crippen LogP contribution in [-0.4, -0.2) is 36.0 Å². The molecule has 0 bridgehead atoms. The summed E-state index contributed by atoms with van der Waals surface area (Å²) in [6.45, 7) is 7.17. The lowest BCUT2D eigenvalue weighted by molar-refractivity contribution is 0.209. The van der Waals surface area contributed by atoms with Crippen molar-refractivity contribution < 1.29 is 0 Å². The zero-order valence-electron chi connectivity index (χ0n) is 13.0. The molecule has 0 unspecified atom stereocenters. The fraction of sp³-hybridized carbons (Fsp3) is 0.667. The fourth-order valence-corrected chi connectivity index (χ4v) is 3.81. The van der Waals surface area contributed by atoms with Gasteiger partial charge in [-0.05, 0) is 75.1 Å². The number of hydrogen-bond acceptors (Lipinski definition) is 2. The van der Waals surface area contributed by atoms with Crippen molar-refractivity contribution in [1.82, 2.24) is 9.80 Å². The first-order valence-corrected chi connectivity index (χ1v) is 8.91. The third-order valence-corrected chi connectivity index (χ3v) is 5.09. The molecule has 2 heterocycles. The largest absolute Gasteiger partial charge is 0.299 e. The molecule has 3 heteroatoms. The van der Waals surface area contributed by atoms with Gasteiger partial charge < -0.3 is 0 Å². The minimum absolute atomic E-state index is 0.879. The first-order valence-electron chi connectivity index (χ1n) is 8.53. The summed E-state index contributed by atoms with van der Waals surface area (Å²) >= 11 is 6.25. The summed E-state index contributed by atoms with van der Waals surface area (Å²) in [5.74, 6) is 0. The number of benzene rings is 1. The highest BCUT2D eigenvalue weighted by molar-refractivity contribution is 6.30. The molecule has 116 valence electrons. The Morgan fingerprint density at radius 1 is 0.714 bits per heavy atom. The third-order valence-electron chi connectivity index (χ3n) is 4.85.